The summed E-state index contributed by atoms with van der Waals surface area (Å²) in [5, 5.41) is 2.83. The van der Waals surface area contributed by atoms with Gasteiger partial charge in [0.25, 0.3) is 0 Å². The topological polar surface area (TPSA) is 86.6 Å². The van der Waals surface area contributed by atoms with Crippen LogP contribution in [0.4, 0.5) is 5.69 Å². The van der Waals surface area contributed by atoms with Gasteiger partial charge in [0.05, 0.1) is 18.8 Å². The van der Waals surface area contributed by atoms with E-state index in [1.54, 1.807) is 61.7 Å². The SMILES string of the molecule is CCOC(=O)/C=C/c1ccc(NC(=O)Cn2c(C)cc(C(=O)OCC)c2C)cc1. The van der Waals surface area contributed by atoms with E-state index < -0.39 is 11.9 Å². The van der Waals surface area contributed by atoms with Gasteiger partial charge in [0.2, 0.25) is 5.91 Å². The molecule has 0 aliphatic heterocycles. The van der Waals surface area contributed by atoms with E-state index in [4.69, 9.17) is 9.47 Å². The van der Waals surface area contributed by atoms with E-state index in [0.717, 1.165) is 11.3 Å². The molecule has 1 aromatic heterocycles. The molecule has 0 atom stereocenters. The van der Waals surface area contributed by atoms with E-state index in [1.165, 1.54) is 6.08 Å². The molecular weight excluding hydrogens is 372 g/mol. The van der Waals surface area contributed by atoms with Gasteiger partial charge in [0, 0.05) is 23.2 Å². The van der Waals surface area contributed by atoms with Crippen molar-refractivity contribution in [2.75, 3.05) is 18.5 Å². The van der Waals surface area contributed by atoms with Gasteiger partial charge in [-0.25, -0.2) is 9.59 Å². The number of rotatable bonds is 8. The van der Waals surface area contributed by atoms with Crippen molar-refractivity contribution in [2.24, 2.45) is 0 Å². The predicted molar refractivity (Wildman–Crippen MR) is 111 cm³/mol. The number of hydrogen-bond donors (Lipinski definition) is 1. The fourth-order valence-corrected chi connectivity index (χ4v) is 2.84. The van der Waals surface area contributed by atoms with Crippen LogP contribution in [0.1, 0.15) is 41.2 Å². The molecule has 7 nitrogen and oxygen atoms in total. The van der Waals surface area contributed by atoms with Gasteiger partial charge >= 0.3 is 11.9 Å². The average molecular weight is 398 g/mol. The number of esters is 2. The highest BCUT2D eigenvalue weighted by Crippen LogP contribution is 2.17. The van der Waals surface area contributed by atoms with Crippen molar-refractivity contribution in [3.8, 4) is 0 Å². The normalized spacial score (nSPS) is 10.8. The molecule has 0 unspecified atom stereocenters. The third-order valence-electron chi connectivity index (χ3n) is 4.26. The van der Waals surface area contributed by atoms with Gasteiger partial charge in [0.15, 0.2) is 0 Å². The van der Waals surface area contributed by atoms with Crippen LogP contribution in [-0.2, 0) is 25.6 Å². The van der Waals surface area contributed by atoms with Crippen molar-refractivity contribution >= 4 is 29.6 Å². The van der Waals surface area contributed by atoms with Crippen molar-refractivity contribution in [2.45, 2.75) is 34.2 Å². The molecule has 0 saturated carbocycles. The summed E-state index contributed by atoms with van der Waals surface area (Å²) < 4.78 is 11.7. The van der Waals surface area contributed by atoms with Crippen LogP contribution in [0.2, 0.25) is 0 Å². The standard InChI is InChI=1S/C22H26N2O5/c1-5-28-21(26)12-9-17-7-10-18(11-8-17)23-20(25)14-24-15(3)13-19(16(24)4)22(27)29-6-2/h7-13H,5-6,14H2,1-4H3,(H,23,25)/b12-9+. The molecule has 0 spiro atoms. The molecule has 1 amide bonds. The smallest absolute Gasteiger partial charge is 0.339 e. The van der Waals surface area contributed by atoms with Crippen LogP contribution in [0.3, 0.4) is 0 Å². The van der Waals surface area contributed by atoms with Gasteiger partial charge in [0.1, 0.15) is 6.54 Å². The molecule has 2 aromatic rings. The summed E-state index contributed by atoms with van der Waals surface area (Å²) in [6, 6.07) is 8.81. The lowest BCUT2D eigenvalue weighted by Crippen LogP contribution is -2.20. The number of nitrogens with zero attached hydrogens (tertiary/aromatic N) is 1. The molecule has 0 bridgehead atoms. The highest BCUT2D eigenvalue weighted by atomic mass is 16.5. The Morgan fingerprint density at radius 3 is 2.31 bits per heavy atom. The molecule has 1 N–H and O–H groups in total. The number of amides is 1. The monoisotopic (exact) mass is 398 g/mol. The van der Waals surface area contributed by atoms with E-state index in [9.17, 15) is 14.4 Å². The predicted octanol–water partition coefficient (Wildman–Crippen LogP) is 3.50. The highest BCUT2D eigenvalue weighted by molar-refractivity contribution is 5.93. The zero-order chi connectivity index (χ0) is 21.4. The first kappa shape index (κ1) is 21.9. The van der Waals surface area contributed by atoms with Gasteiger partial charge in [-0.15, -0.1) is 0 Å². The van der Waals surface area contributed by atoms with Gasteiger partial charge in [-0.1, -0.05) is 12.1 Å². The van der Waals surface area contributed by atoms with Gasteiger partial charge in [-0.05, 0) is 57.5 Å². The van der Waals surface area contributed by atoms with Crippen LogP contribution in [0.25, 0.3) is 6.08 Å². The third-order valence-corrected chi connectivity index (χ3v) is 4.26. The Morgan fingerprint density at radius 2 is 1.69 bits per heavy atom. The maximum absolute atomic E-state index is 12.4. The number of hydrogen-bond acceptors (Lipinski definition) is 5. The van der Waals surface area contributed by atoms with E-state index >= 15 is 0 Å². The minimum absolute atomic E-state index is 0.0849. The van der Waals surface area contributed by atoms with E-state index in [1.807, 2.05) is 6.92 Å². The summed E-state index contributed by atoms with van der Waals surface area (Å²) in [6.45, 7) is 7.84. The Bertz CT molecular complexity index is 910. The second-order valence-corrected chi connectivity index (χ2v) is 6.35. The number of benzene rings is 1. The maximum Gasteiger partial charge on any atom is 0.339 e. The number of nitrogens with one attached hydrogen (secondary N) is 1. The first-order valence-corrected chi connectivity index (χ1v) is 9.44. The van der Waals surface area contributed by atoms with Crippen LogP contribution < -0.4 is 5.32 Å². The fourth-order valence-electron chi connectivity index (χ4n) is 2.84. The van der Waals surface area contributed by atoms with Crippen molar-refractivity contribution in [3.05, 3.63) is 58.9 Å². The van der Waals surface area contributed by atoms with Crippen LogP contribution in [0.5, 0.6) is 0 Å². The zero-order valence-electron chi connectivity index (χ0n) is 17.2. The molecule has 0 aliphatic rings. The number of ether oxygens (including phenoxy) is 2. The number of aryl methyl sites for hydroxylation is 1. The van der Waals surface area contributed by atoms with E-state index in [0.29, 0.717) is 30.2 Å². The minimum atomic E-state index is -0.399. The minimum Gasteiger partial charge on any atom is -0.463 e. The van der Waals surface area contributed by atoms with Crippen molar-refractivity contribution in [1.82, 2.24) is 4.57 Å². The molecule has 154 valence electrons. The van der Waals surface area contributed by atoms with Crippen LogP contribution in [-0.4, -0.2) is 35.6 Å². The first-order valence-electron chi connectivity index (χ1n) is 9.44. The Labute approximate surface area is 170 Å². The fraction of sp³-hybridized carbons (Fsp3) is 0.318. The van der Waals surface area contributed by atoms with Crippen LogP contribution >= 0.6 is 0 Å². The second-order valence-electron chi connectivity index (χ2n) is 6.35. The Balaban J connectivity index is 2.01. The largest absolute Gasteiger partial charge is 0.463 e. The molecule has 29 heavy (non-hydrogen) atoms. The highest BCUT2D eigenvalue weighted by Gasteiger charge is 2.18. The van der Waals surface area contributed by atoms with Crippen molar-refractivity contribution < 1.29 is 23.9 Å². The van der Waals surface area contributed by atoms with E-state index in [-0.39, 0.29) is 12.5 Å². The number of anilines is 1. The van der Waals surface area contributed by atoms with Gasteiger partial charge in [-0.2, -0.15) is 0 Å². The Hall–Kier alpha value is -3.35. The molecule has 0 saturated heterocycles. The summed E-state index contributed by atoms with van der Waals surface area (Å²) in [5.74, 6) is -1.000. The number of carbonyl (C=O) groups excluding carboxylic acids is 3. The zero-order valence-corrected chi connectivity index (χ0v) is 17.2. The van der Waals surface area contributed by atoms with Crippen molar-refractivity contribution in [1.29, 1.82) is 0 Å². The Morgan fingerprint density at radius 1 is 1.03 bits per heavy atom. The number of carbonyl (C=O) groups is 3. The summed E-state index contributed by atoms with van der Waals surface area (Å²) >= 11 is 0. The third kappa shape index (κ3) is 6.07. The lowest BCUT2D eigenvalue weighted by atomic mass is 10.2. The molecule has 7 heteroatoms. The average Bonchev–Trinajstić information content (AvgIpc) is 2.96. The summed E-state index contributed by atoms with van der Waals surface area (Å²) in [5.41, 5.74) is 3.41. The summed E-state index contributed by atoms with van der Waals surface area (Å²) in [4.78, 5) is 35.8. The second kappa shape index (κ2) is 10.3. The lowest BCUT2D eigenvalue weighted by molar-refractivity contribution is -0.137. The Kier molecular flexibility index (Phi) is 7.77. The first-order chi connectivity index (χ1) is 13.8. The lowest BCUT2D eigenvalue weighted by Gasteiger charge is -2.11. The number of aromatic nitrogens is 1. The molecule has 0 radical (unpaired) electrons. The molecular formula is C22H26N2O5. The van der Waals surface area contributed by atoms with Gasteiger partial charge < -0.3 is 19.4 Å². The quantitative estimate of drug-likeness (QED) is 0.543. The molecule has 1 heterocycles. The molecule has 2 rings (SSSR count). The van der Waals surface area contributed by atoms with Crippen LogP contribution in [0.15, 0.2) is 36.4 Å². The van der Waals surface area contributed by atoms with Crippen molar-refractivity contribution in [3.63, 3.8) is 0 Å². The van der Waals surface area contributed by atoms with Crippen LogP contribution in [0, 0.1) is 13.8 Å². The van der Waals surface area contributed by atoms with E-state index in [2.05, 4.69) is 5.32 Å². The summed E-state index contributed by atoms with van der Waals surface area (Å²) in [7, 11) is 0. The summed E-state index contributed by atoms with van der Waals surface area (Å²) in [6.07, 6.45) is 3.00. The molecule has 0 aliphatic carbocycles. The molecule has 1 aromatic carbocycles. The van der Waals surface area contributed by atoms with Gasteiger partial charge in [-0.3, -0.25) is 4.79 Å². The molecule has 0 fully saturated rings. The maximum atomic E-state index is 12.4.